The zero-order chi connectivity index (χ0) is 25.9. The molecule has 0 saturated carbocycles. The van der Waals surface area contributed by atoms with Crippen LogP contribution < -0.4 is 15.2 Å². The van der Waals surface area contributed by atoms with Crippen LogP contribution >= 0.6 is 11.3 Å². The Bertz CT molecular complexity index is 1380. The van der Waals surface area contributed by atoms with Crippen molar-refractivity contribution in [3.63, 3.8) is 0 Å². The van der Waals surface area contributed by atoms with Gasteiger partial charge in [0.25, 0.3) is 11.8 Å². The van der Waals surface area contributed by atoms with Gasteiger partial charge in [-0.3, -0.25) is 9.59 Å². The lowest BCUT2D eigenvalue weighted by molar-refractivity contribution is -0.134. The Balaban J connectivity index is 1.29. The summed E-state index contributed by atoms with van der Waals surface area (Å²) in [6, 6.07) is 11.5. The molecule has 1 saturated heterocycles. The number of piperidine rings is 1. The number of benzene rings is 2. The van der Waals surface area contributed by atoms with Gasteiger partial charge < -0.3 is 15.0 Å². The number of nitrogens with two attached hydrogens (primary N) is 1. The first-order valence-corrected chi connectivity index (χ1v) is 13.9. The third-order valence-corrected chi connectivity index (χ3v) is 8.13. The van der Waals surface area contributed by atoms with Crippen LogP contribution in [0.1, 0.15) is 45.4 Å². The topological polar surface area (TPSA) is 132 Å². The monoisotopic (exact) mass is 528 g/mol. The maximum absolute atomic E-state index is 12.6. The van der Waals surface area contributed by atoms with Gasteiger partial charge in [0.1, 0.15) is 11.4 Å². The molecular formula is C25H28N4O5S2. The Morgan fingerprint density at radius 3 is 2.58 bits per heavy atom. The van der Waals surface area contributed by atoms with Crippen LogP contribution in [0.2, 0.25) is 0 Å². The number of rotatable bonds is 7. The SMILES string of the molecule is Cc1ccc(OCC(=O)N2CCC(c3nc(C(=O)Nc4cccc(S(N)(=O)=O)c4)cs3)CC2)cc1C. The smallest absolute Gasteiger partial charge is 0.275 e. The Hall–Kier alpha value is -3.28. The van der Waals surface area contributed by atoms with E-state index < -0.39 is 15.9 Å². The van der Waals surface area contributed by atoms with E-state index in [4.69, 9.17) is 9.88 Å². The zero-order valence-corrected chi connectivity index (χ0v) is 21.7. The van der Waals surface area contributed by atoms with Gasteiger partial charge in [-0.05, 0) is 68.1 Å². The van der Waals surface area contributed by atoms with Gasteiger partial charge in [0.2, 0.25) is 10.0 Å². The molecule has 1 fully saturated rings. The molecule has 190 valence electrons. The predicted octanol–water partition coefficient (Wildman–Crippen LogP) is 3.44. The first-order chi connectivity index (χ1) is 17.1. The number of hydrogen-bond acceptors (Lipinski definition) is 7. The van der Waals surface area contributed by atoms with E-state index in [-0.39, 0.29) is 29.0 Å². The minimum Gasteiger partial charge on any atom is -0.484 e. The Labute approximate surface area is 214 Å². The fourth-order valence-corrected chi connectivity index (χ4v) is 5.47. The highest BCUT2D eigenvalue weighted by Crippen LogP contribution is 2.30. The zero-order valence-electron chi connectivity index (χ0n) is 20.1. The molecule has 0 bridgehead atoms. The van der Waals surface area contributed by atoms with Gasteiger partial charge in [-0.1, -0.05) is 12.1 Å². The fourth-order valence-electron chi connectivity index (χ4n) is 3.94. The van der Waals surface area contributed by atoms with Gasteiger partial charge in [0, 0.05) is 30.1 Å². The number of nitrogens with one attached hydrogen (secondary N) is 1. The van der Waals surface area contributed by atoms with Crippen LogP contribution in [0.3, 0.4) is 0 Å². The van der Waals surface area contributed by atoms with E-state index in [1.165, 1.54) is 35.1 Å². The quantitative estimate of drug-likeness (QED) is 0.483. The first kappa shape index (κ1) is 25.8. The summed E-state index contributed by atoms with van der Waals surface area (Å²) < 4.78 is 28.8. The third-order valence-electron chi connectivity index (χ3n) is 6.21. The van der Waals surface area contributed by atoms with Crippen LogP contribution in [0.15, 0.2) is 52.7 Å². The summed E-state index contributed by atoms with van der Waals surface area (Å²) in [4.78, 5) is 31.5. The normalized spacial score (nSPS) is 14.5. The fraction of sp³-hybridized carbons (Fsp3) is 0.320. The highest BCUT2D eigenvalue weighted by Gasteiger charge is 2.26. The number of amides is 2. The largest absolute Gasteiger partial charge is 0.484 e. The number of aryl methyl sites for hydroxylation is 2. The van der Waals surface area contributed by atoms with Crippen molar-refractivity contribution < 1.29 is 22.7 Å². The molecule has 3 N–H and O–H groups in total. The van der Waals surface area contributed by atoms with Gasteiger partial charge >= 0.3 is 0 Å². The lowest BCUT2D eigenvalue weighted by Crippen LogP contribution is -2.40. The predicted molar refractivity (Wildman–Crippen MR) is 138 cm³/mol. The number of anilines is 1. The highest BCUT2D eigenvalue weighted by molar-refractivity contribution is 7.89. The Morgan fingerprint density at radius 2 is 1.89 bits per heavy atom. The summed E-state index contributed by atoms with van der Waals surface area (Å²) in [5.74, 6) is 0.367. The summed E-state index contributed by atoms with van der Waals surface area (Å²) in [6.45, 7) is 5.24. The van der Waals surface area contributed by atoms with E-state index in [9.17, 15) is 18.0 Å². The van der Waals surface area contributed by atoms with Crippen LogP contribution in [-0.4, -0.2) is 49.8 Å². The van der Waals surface area contributed by atoms with E-state index in [0.29, 0.717) is 24.5 Å². The number of carbonyl (C=O) groups excluding carboxylic acids is 2. The van der Waals surface area contributed by atoms with Gasteiger partial charge in [-0.15, -0.1) is 11.3 Å². The van der Waals surface area contributed by atoms with E-state index in [1.807, 2.05) is 32.0 Å². The highest BCUT2D eigenvalue weighted by atomic mass is 32.2. The molecule has 4 rings (SSSR count). The molecule has 2 heterocycles. The van der Waals surface area contributed by atoms with E-state index in [1.54, 1.807) is 16.3 Å². The van der Waals surface area contributed by atoms with Crippen molar-refractivity contribution >= 4 is 38.9 Å². The van der Waals surface area contributed by atoms with Crippen LogP contribution in [0, 0.1) is 13.8 Å². The summed E-state index contributed by atoms with van der Waals surface area (Å²) in [5, 5.41) is 10.3. The lowest BCUT2D eigenvalue weighted by atomic mass is 9.97. The van der Waals surface area contributed by atoms with Crippen molar-refractivity contribution in [2.24, 2.45) is 5.14 Å². The summed E-state index contributed by atoms with van der Waals surface area (Å²) in [7, 11) is -3.87. The van der Waals surface area contributed by atoms with Crippen molar-refractivity contribution in [2.45, 2.75) is 37.5 Å². The van der Waals surface area contributed by atoms with Crippen LogP contribution in [0.25, 0.3) is 0 Å². The molecule has 3 aromatic rings. The molecule has 1 aromatic heterocycles. The molecule has 0 unspecified atom stereocenters. The molecular weight excluding hydrogens is 500 g/mol. The molecule has 9 nitrogen and oxygen atoms in total. The van der Waals surface area contributed by atoms with Gasteiger partial charge in [-0.25, -0.2) is 18.5 Å². The van der Waals surface area contributed by atoms with Crippen molar-refractivity contribution in [2.75, 3.05) is 25.0 Å². The summed E-state index contributed by atoms with van der Waals surface area (Å²) >= 11 is 1.41. The molecule has 1 aliphatic heterocycles. The average molecular weight is 529 g/mol. The summed E-state index contributed by atoms with van der Waals surface area (Å²) in [5.41, 5.74) is 2.87. The first-order valence-electron chi connectivity index (χ1n) is 11.5. The number of carbonyl (C=O) groups is 2. The molecule has 0 radical (unpaired) electrons. The van der Waals surface area contributed by atoms with Gasteiger partial charge in [0.15, 0.2) is 6.61 Å². The molecule has 0 spiro atoms. The number of nitrogens with zero attached hydrogens (tertiary/aromatic N) is 2. The van der Waals surface area contributed by atoms with Gasteiger partial charge in [-0.2, -0.15) is 0 Å². The van der Waals surface area contributed by atoms with Crippen LogP contribution in [0.4, 0.5) is 5.69 Å². The van der Waals surface area contributed by atoms with E-state index in [2.05, 4.69) is 10.3 Å². The number of primary sulfonamides is 1. The molecule has 2 amide bonds. The van der Waals surface area contributed by atoms with Crippen molar-refractivity contribution in [3.05, 3.63) is 69.7 Å². The standard InChI is InChI=1S/C25H28N4O5S2/c1-16-6-7-20(12-17(16)2)34-14-23(30)29-10-8-18(9-11-29)25-28-22(15-35-25)24(31)27-19-4-3-5-21(13-19)36(26,32)33/h3-7,12-13,15,18H,8-11,14H2,1-2H3,(H,27,31)(H2,26,32,33). The molecule has 11 heteroatoms. The number of aromatic nitrogens is 1. The second kappa shape index (κ2) is 10.8. The average Bonchev–Trinajstić information content (AvgIpc) is 3.35. The number of sulfonamides is 1. The maximum atomic E-state index is 12.6. The minimum atomic E-state index is -3.87. The number of likely N-dealkylation sites (tertiary alicyclic amines) is 1. The van der Waals surface area contributed by atoms with Crippen LogP contribution in [0.5, 0.6) is 5.75 Å². The van der Waals surface area contributed by atoms with Crippen molar-refractivity contribution in [3.8, 4) is 5.75 Å². The molecule has 0 aliphatic carbocycles. The molecule has 0 atom stereocenters. The van der Waals surface area contributed by atoms with Crippen molar-refractivity contribution in [1.29, 1.82) is 0 Å². The number of thiazole rings is 1. The Morgan fingerprint density at radius 1 is 1.14 bits per heavy atom. The maximum Gasteiger partial charge on any atom is 0.275 e. The summed E-state index contributed by atoms with van der Waals surface area (Å²) in [6.07, 6.45) is 1.50. The van der Waals surface area contributed by atoms with Crippen molar-refractivity contribution in [1.82, 2.24) is 9.88 Å². The third kappa shape index (κ3) is 6.28. The molecule has 36 heavy (non-hydrogen) atoms. The van der Waals surface area contributed by atoms with Crippen LogP contribution in [-0.2, 0) is 14.8 Å². The lowest BCUT2D eigenvalue weighted by Gasteiger charge is -2.31. The number of hydrogen-bond donors (Lipinski definition) is 2. The minimum absolute atomic E-state index is 0.00139. The number of ether oxygens (including phenoxy) is 1. The second-order valence-corrected chi connectivity index (χ2v) is 11.2. The second-order valence-electron chi connectivity index (χ2n) is 8.79. The molecule has 1 aliphatic rings. The van der Waals surface area contributed by atoms with E-state index >= 15 is 0 Å². The van der Waals surface area contributed by atoms with E-state index in [0.717, 1.165) is 23.4 Å². The van der Waals surface area contributed by atoms with Gasteiger partial charge in [0.05, 0.1) is 9.90 Å². The molecule has 2 aromatic carbocycles. The Kier molecular flexibility index (Phi) is 7.72.